The molecule has 3 rings (SSSR count). The summed E-state index contributed by atoms with van der Waals surface area (Å²) >= 11 is 1.33. The molecule has 1 aromatic carbocycles. The zero-order valence-electron chi connectivity index (χ0n) is 10.4. The highest BCUT2D eigenvalue weighted by molar-refractivity contribution is 7.16. The van der Waals surface area contributed by atoms with Crippen LogP contribution in [0.2, 0.25) is 0 Å². The molecule has 7 heteroatoms. The van der Waals surface area contributed by atoms with Crippen LogP contribution in [0.3, 0.4) is 0 Å². The molecule has 0 unspecified atom stereocenters. The Balaban J connectivity index is 2.03. The summed E-state index contributed by atoms with van der Waals surface area (Å²) in [6.45, 7) is 3.83. The SMILES string of the molecule is Cc1ccc(Nc2nnc3sc(C)nn3c2=O)cc1. The van der Waals surface area contributed by atoms with Crippen molar-refractivity contribution in [1.29, 1.82) is 0 Å². The Morgan fingerprint density at radius 3 is 2.63 bits per heavy atom. The quantitative estimate of drug-likeness (QED) is 0.772. The van der Waals surface area contributed by atoms with Gasteiger partial charge in [0.25, 0.3) is 0 Å². The first kappa shape index (κ1) is 11.8. The standard InChI is InChI=1S/C12H11N5OS/c1-7-3-5-9(6-4-7)13-10-11(18)17-12(15-14-10)19-8(2)16-17/h3-6H,1-2H3,(H,13,14). The maximum absolute atomic E-state index is 12.2. The average Bonchev–Trinajstić information content (AvgIpc) is 2.77. The van der Waals surface area contributed by atoms with E-state index < -0.39 is 0 Å². The number of hydrogen-bond donors (Lipinski definition) is 1. The van der Waals surface area contributed by atoms with Crippen molar-refractivity contribution in [1.82, 2.24) is 19.8 Å². The maximum atomic E-state index is 12.2. The van der Waals surface area contributed by atoms with Crippen LogP contribution in [-0.4, -0.2) is 19.8 Å². The van der Waals surface area contributed by atoms with Crippen molar-refractivity contribution < 1.29 is 0 Å². The highest BCUT2D eigenvalue weighted by atomic mass is 32.1. The molecule has 2 aromatic heterocycles. The third-order valence-corrected chi connectivity index (χ3v) is 3.42. The summed E-state index contributed by atoms with van der Waals surface area (Å²) in [6, 6.07) is 7.69. The summed E-state index contributed by atoms with van der Waals surface area (Å²) in [5.74, 6) is 0.173. The molecule has 2 heterocycles. The van der Waals surface area contributed by atoms with Crippen molar-refractivity contribution in [2.45, 2.75) is 13.8 Å². The fourth-order valence-corrected chi connectivity index (χ4v) is 2.34. The van der Waals surface area contributed by atoms with Crippen LogP contribution in [0.15, 0.2) is 29.1 Å². The third-order valence-electron chi connectivity index (χ3n) is 2.61. The molecule has 0 saturated carbocycles. The number of aromatic nitrogens is 4. The Bertz CT molecular complexity index is 790. The second-order valence-electron chi connectivity index (χ2n) is 4.16. The van der Waals surface area contributed by atoms with Gasteiger partial charge in [-0.1, -0.05) is 29.0 Å². The van der Waals surface area contributed by atoms with Crippen molar-refractivity contribution in [2.75, 3.05) is 5.32 Å². The van der Waals surface area contributed by atoms with Crippen molar-refractivity contribution >= 4 is 27.8 Å². The molecule has 96 valence electrons. The van der Waals surface area contributed by atoms with E-state index in [2.05, 4.69) is 20.6 Å². The highest BCUT2D eigenvalue weighted by Crippen LogP contribution is 2.13. The fourth-order valence-electron chi connectivity index (χ4n) is 1.66. The van der Waals surface area contributed by atoms with Gasteiger partial charge in [0.05, 0.1) is 0 Å². The molecule has 3 aromatic rings. The van der Waals surface area contributed by atoms with Gasteiger partial charge in [-0.2, -0.15) is 9.61 Å². The molecule has 0 aliphatic rings. The number of fused-ring (bicyclic) bond motifs is 1. The van der Waals surface area contributed by atoms with Crippen molar-refractivity contribution in [3.05, 3.63) is 45.2 Å². The second-order valence-corrected chi connectivity index (χ2v) is 5.32. The van der Waals surface area contributed by atoms with Crippen LogP contribution < -0.4 is 10.9 Å². The minimum atomic E-state index is -0.296. The van der Waals surface area contributed by atoms with Crippen LogP contribution in [0.4, 0.5) is 11.5 Å². The average molecular weight is 273 g/mol. The van der Waals surface area contributed by atoms with Gasteiger partial charge in [-0.25, -0.2) is 0 Å². The molecule has 0 aliphatic carbocycles. The number of rotatable bonds is 2. The number of nitrogens with one attached hydrogen (secondary N) is 1. The predicted molar refractivity (Wildman–Crippen MR) is 74.1 cm³/mol. The lowest BCUT2D eigenvalue weighted by Crippen LogP contribution is -2.20. The molecule has 0 bridgehead atoms. The van der Waals surface area contributed by atoms with Crippen LogP contribution in [0.1, 0.15) is 10.6 Å². The van der Waals surface area contributed by atoms with E-state index in [1.807, 2.05) is 38.1 Å². The van der Waals surface area contributed by atoms with Gasteiger partial charge in [0, 0.05) is 5.69 Å². The van der Waals surface area contributed by atoms with Gasteiger partial charge < -0.3 is 5.32 Å². The molecule has 0 aliphatic heterocycles. The van der Waals surface area contributed by atoms with Gasteiger partial charge in [0.15, 0.2) is 0 Å². The normalized spacial score (nSPS) is 10.8. The zero-order chi connectivity index (χ0) is 13.4. The zero-order valence-corrected chi connectivity index (χ0v) is 11.2. The lowest BCUT2D eigenvalue weighted by atomic mass is 10.2. The van der Waals surface area contributed by atoms with Gasteiger partial charge in [-0.15, -0.1) is 10.2 Å². The molecular formula is C12H11N5OS. The van der Waals surface area contributed by atoms with E-state index in [1.54, 1.807) is 0 Å². The monoisotopic (exact) mass is 273 g/mol. The van der Waals surface area contributed by atoms with E-state index in [0.29, 0.717) is 4.96 Å². The third kappa shape index (κ3) is 2.19. The summed E-state index contributed by atoms with van der Waals surface area (Å²) < 4.78 is 1.27. The molecule has 1 N–H and O–H groups in total. The first-order valence-corrected chi connectivity index (χ1v) is 6.52. The van der Waals surface area contributed by atoms with Gasteiger partial charge in [-0.3, -0.25) is 4.79 Å². The summed E-state index contributed by atoms with van der Waals surface area (Å²) in [6.07, 6.45) is 0. The minimum absolute atomic E-state index is 0.173. The molecular weight excluding hydrogens is 262 g/mol. The van der Waals surface area contributed by atoms with Gasteiger partial charge >= 0.3 is 5.56 Å². The first-order valence-electron chi connectivity index (χ1n) is 5.70. The Hall–Kier alpha value is -2.28. The summed E-state index contributed by atoms with van der Waals surface area (Å²) in [7, 11) is 0. The van der Waals surface area contributed by atoms with Crippen LogP contribution in [0, 0.1) is 13.8 Å². The second kappa shape index (κ2) is 4.43. The fraction of sp³-hybridized carbons (Fsp3) is 0.167. The molecule has 0 amide bonds. The Labute approximate surface area is 112 Å². The van der Waals surface area contributed by atoms with E-state index in [-0.39, 0.29) is 11.4 Å². The topological polar surface area (TPSA) is 72.2 Å². The predicted octanol–water partition coefficient (Wildman–Crippen LogP) is 1.91. The summed E-state index contributed by atoms with van der Waals surface area (Å²) in [4.78, 5) is 12.7. The first-order chi connectivity index (χ1) is 9.13. The summed E-state index contributed by atoms with van der Waals surface area (Å²) in [5, 5.41) is 15.7. The van der Waals surface area contributed by atoms with Crippen molar-refractivity contribution in [3.63, 3.8) is 0 Å². The van der Waals surface area contributed by atoms with Gasteiger partial charge in [0.2, 0.25) is 10.8 Å². The number of nitrogens with zero attached hydrogens (tertiary/aromatic N) is 4. The maximum Gasteiger partial charge on any atom is 0.318 e. The molecule has 6 nitrogen and oxygen atoms in total. The van der Waals surface area contributed by atoms with E-state index in [0.717, 1.165) is 16.3 Å². The highest BCUT2D eigenvalue weighted by Gasteiger charge is 2.10. The molecule has 0 saturated heterocycles. The molecule has 0 atom stereocenters. The largest absolute Gasteiger partial charge is 0.334 e. The van der Waals surface area contributed by atoms with E-state index in [4.69, 9.17) is 0 Å². The van der Waals surface area contributed by atoms with Crippen LogP contribution in [-0.2, 0) is 0 Å². The van der Waals surface area contributed by atoms with E-state index >= 15 is 0 Å². The smallest absolute Gasteiger partial charge is 0.318 e. The molecule has 0 fully saturated rings. The van der Waals surface area contributed by atoms with Crippen LogP contribution in [0.25, 0.3) is 4.96 Å². The Kier molecular flexibility index (Phi) is 2.75. The van der Waals surface area contributed by atoms with Crippen LogP contribution >= 0.6 is 11.3 Å². The van der Waals surface area contributed by atoms with E-state index in [9.17, 15) is 4.79 Å². The lowest BCUT2D eigenvalue weighted by molar-refractivity contribution is 0.847. The summed E-state index contributed by atoms with van der Waals surface area (Å²) in [5.41, 5.74) is 1.65. The number of aryl methyl sites for hydroxylation is 2. The molecule has 0 spiro atoms. The van der Waals surface area contributed by atoms with Gasteiger partial charge in [0.1, 0.15) is 5.01 Å². The lowest BCUT2D eigenvalue weighted by Gasteiger charge is -2.03. The van der Waals surface area contributed by atoms with Crippen LogP contribution in [0.5, 0.6) is 0 Å². The molecule has 19 heavy (non-hydrogen) atoms. The Morgan fingerprint density at radius 1 is 1.16 bits per heavy atom. The van der Waals surface area contributed by atoms with E-state index in [1.165, 1.54) is 15.9 Å². The number of benzene rings is 1. The van der Waals surface area contributed by atoms with Crippen molar-refractivity contribution in [3.8, 4) is 0 Å². The number of anilines is 2. The molecule has 0 radical (unpaired) electrons. The minimum Gasteiger partial charge on any atom is -0.334 e. The van der Waals surface area contributed by atoms with Crippen molar-refractivity contribution in [2.24, 2.45) is 0 Å². The Morgan fingerprint density at radius 2 is 1.89 bits per heavy atom. The number of hydrogen-bond acceptors (Lipinski definition) is 6. The van der Waals surface area contributed by atoms with Gasteiger partial charge in [-0.05, 0) is 26.0 Å².